The summed E-state index contributed by atoms with van der Waals surface area (Å²) in [6, 6.07) is 0.893. The summed E-state index contributed by atoms with van der Waals surface area (Å²) in [6.07, 6.45) is 1.17. The lowest BCUT2D eigenvalue weighted by Gasteiger charge is -2.27. The fraction of sp³-hybridized carbons (Fsp3) is 0.812. The van der Waals surface area contributed by atoms with Gasteiger partial charge in [0.2, 0.25) is 0 Å². The lowest BCUT2D eigenvalue weighted by atomic mass is 10.2. The lowest BCUT2D eigenvalue weighted by Crippen LogP contribution is -2.34. The molecule has 0 bridgehead atoms. The Morgan fingerprint density at radius 1 is 1.20 bits per heavy atom. The molecule has 20 heavy (non-hydrogen) atoms. The van der Waals surface area contributed by atoms with Crippen LogP contribution in [-0.2, 0) is 0 Å². The van der Waals surface area contributed by atoms with Crippen molar-refractivity contribution in [2.45, 2.75) is 67.0 Å². The Kier molecular flexibility index (Phi) is 6.96. The molecule has 0 aliphatic rings. The molecule has 4 heteroatoms. The van der Waals surface area contributed by atoms with E-state index in [4.69, 9.17) is 4.98 Å². The molecule has 1 aromatic heterocycles. The van der Waals surface area contributed by atoms with Gasteiger partial charge in [0.1, 0.15) is 0 Å². The quantitative estimate of drug-likeness (QED) is 0.771. The summed E-state index contributed by atoms with van der Waals surface area (Å²) in [7, 11) is 0. The fourth-order valence-electron chi connectivity index (χ4n) is 2.27. The van der Waals surface area contributed by atoms with Crippen LogP contribution in [0.3, 0.4) is 0 Å². The molecule has 1 heterocycles. The van der Waals surface area contributed by atoms with Crippen molar-refractivity contribution >= 4 is 16.5 Å². The van der Waals surface area contributed by atoms with Gasteiger partial charge in [0.15, 0.2) is 5.13 Å². The summed E-state index contributed by atoms with van der Waals surface area (Å²) < 4.78 is 0. The second-order valence-corrected chi connectivity index (χ2v) is 7.27. The van der Waals surface area contributed by atoms with Gasteiger partial charge in [0, 0.05) is 23.5 Å². The van der Waals surface area contributed by atoms with Gasteiger partial charge in [0.25, 0.3) is 0 Å². The van der Waals surface area contributed by atoms with Crippen LogP contribution >= 0.6 is 11.3 Å². The summed E-state index contributed by atoms with van der Waals surface area (Å²) in [5.41, 5.74) is 1.18. The third kappa shape index (κ3) is 4.74. The van der Waals surface area contributed by atoms with Crippen molar-refractivity contribution in [1.82, 2.24) is 10.3 Å². The first-order chi connectivity index (χ1) is 9.36. The molecule has 0 saturated heterocycles. The van der Waals surface area contributed by atoms with Crippen LogP contribution in [0.4, 0.5) is 5.13 Å². The Hall–Kier alpha value is -0.610. The summed E-state index contributed by atoms with van der Waals surface area (Å²) in [5.74, 6) is 0.653. The number of hydrogen-bond acceptors (Lipinski definition) is 4. The number of nitrogens with zero attached hydrogens (tertiary/aromatic N) is 2. The van der Waals surface area contributed by atoms with Crippen molar-refractivity contribution in [3.05, 3.63) is 10.6 Å². The molecule has 0 amide bonds. The summed E-state index contributed by atoms with van der Waals surface area (Å²) in [5, 5.41) is 4.74. The van der Waals surface area contributed by atoms with Crippen molar-refractivity contribution in [2.24, 2.45) is 5.92 Å². The monoisotopic (exact) mass is 297 g/mol. The molecule has 1 aromatic rings. The first kappa shape index (κ1) is 17.4. The average molecular weight is 298 g/mol. The molecule has 0 aliphatic heterocycles. The van der Waals surface area contributed by atoms with Crippen molar-refractivity contribution in [1.29, 1.82) is 0 Å². The van der Waals surface area contributed by atoms with Crippen molar-refractivity contribution in [3.63, 3.8) is 0 Å². The van der Waals surface area contributed by atoms with Gasteiger partial charge < -0.3 is 10.2 Å². The number of nitrogens with one attached hydrogen (secondary N) is 1. The van der Waals surface area contributed by atoms with Crippen LogP contribution in [0.5, 0.6) is 0 Å². The Morgan fingerprint density at radius 3 is 2.35 bits per heavy atom. The average Bonchev–Trinajstić information content (AvgIpc) is 2.74. The van der Waals surface area contributed by atoms with Crippen LogP contribution in [0.1, 0.15) is 64.6 Å². The van der Waals surface area contributed by atoms with Gasteiger partial charge in [-0.25, -0.2) is 4.98 Å². The first-order valence-corrected chi connectivity index (χ1v) is 8.65. The number of thiazole rings is 1. The highest BCUT2D eigenvalue weighted by molar-refractivity contribution is 7.15. The number of hydrogen-bond donors (Lipinski definition) is 1. The smallest absolute Gasteiger partial charge is 0.186 e. The predicted molar refractivity (Wildman–Crippen MR) is 90.9 cm³/mol. The molecule has 3 nitrogen and oxygen atoms in total. The van der Waals surface area contributed by atoms with Crippen LogP contribution < -0.4 is 10.2 Å². The van der Waals surface area contributed by atoms with E-state index in [0.717, 1.165) is 13.1 Å². The number of rotatable bonds is 8. The van der Waals surface area contributed by atoms with Crippen molar-refractivity contribution < 1.29 is 0 Å². The first-order valence-electron chi connectivity index (χ1n) is 7.84. The molecule has 0 saturated carbocycles. The molecule has 1 N–H and O–H groups in total. The maximum Gasteiger partial charge on any atom is 0.186 e. The molecular weight excluding hydrogens is 266 g/mol. The Morgan fingerprint density at radius 2 is 1.85 bits per heavy atom. The van der Waals surface area contributed by atoms with E-state index < -0.39 is 0 Å². The normalized spacial score (nSPS) is 13.2. The van der Waals surface area contributed by atoms with Crippen LogP contribution in [0.25, 0.3) is 0 Å². The molecule has 0 aromatic carbocycles. The molecule has 1 unspecified atom stereocenters. The molecule has 0 aliphatic carbocycles. The van der Waals surface area contributed by atoms with E-state index in [1.54, 1.807) is 0 Å². The summed E-state index contributed by atoms with van der Waals surface area (Å²) >= 11 is 1.85. The van der Waals surface area contributed by atoms with Gasteiger partial charge in [-0.2, -0.15) is 0 Å². The van der Waals surface area contributed by atoms with E-state index in [2.05, 4.69) is 58.7 Å². The standard InChI is InChI=1S/C16H31N3S/c1-8-9-17-13(6)15-14(7)18-16(20-15)19(12(4)5)10-11(2)3/h11-13,17H,8-10H2,1-7H3. The lowest BCUT2D eigenvalue weighted by molar-refractivity contribution is 0.569. The number of anilines is 1. The van der Waals surface area contributed by atoms with Crippen molar-refractivity contribution in [2.75, 3.05) is 18.0 Å². The zero-order chi connectivity index (χ0) is 15.3. The largest absolute Gasteiger partial charge is 0.345 e. The Bertz CT molecular complexity index is 398. The molecular formula is C16H31N3S. The molecule has 1 atom stereocenters. The minimum absolute atomic E-state index is 0.397. The van der Waals surface area contributed by atoms with E-state index in [-0.39, 0.29) is 0 Å². The number of aryl methyl sites for hydroxylation is 1. The second-order valence-electron chi connectivity index (χ2n) is 6.26. The Labute approximate surface area is 128 Å². The highest BCUT2D eigenvalue weighted by Crippen LogP contribution is 2.32. The summed E-state index contributed by atoms with van der Waals surface area (Å²) in [4.78, 5) is 8.63. The topological polar surface area (TPSA) is 28.2 Å². The minimum atomic E-state index is 0.397. The summed E-state index contributed by atoms with van der Waals surface area (Å²) in [6.45, 7) is 17.7. The van der Waals surface area contributed by atoms with E-state index >= 15 is 0 Å². The second kappa shape index (κ2) is 7.99. The van der Waals surface area contributed by atoms with Gasteiger partial charge in [-0.15, -0.1) is 11.3 Å². The van der Waals surface area contributed by atoms with Gasteiger partial charge in [-0.05, 0) is 46.6 Å². The van der Waals surface area contributed by atoms with E-state index in [0.29, 0.717) is 18.0 Å². The van der Waals surface area contributed by atoms with E-state index in [1.165, 1.54) is 22.1 Å². The van der Waals surface area contributed by atoms with Crippen molar-refractivity contribution in [3.8, 4) is 0 Å². The zero-order valence-electron chi connectivity index (χ0n) is 14.2. The zero-order valence-corrected chi connectivity index (χ0v) is 15.0. The van der Waals surface area contributed by atoms with E-state index in [1.807, 2.05) is 11.3 Å². The Balaban J connectivity index is 2.90. The molecule has 1 rings (SSSR count). The predicted octanol–water partition coefficient (Wildman–Crippen LogP) is 4.38. The van der Waals surface area contributed by atoms with Gasteiger partial charge in [-0.3, -0.25) is 0 Å². The molecule has 0 radical (unpaired) electrons. The highest BCUT2D eigenvalue weighted by atomic mass is 32.1. The van der Waals surface area contributed by atoms with Crippen LogP contribution in [0.2, 0.25) is 0 Å². The van der Waals surface area contributed by atoms with Crippen LogP contribution in [0, 0.1) is 12.8 Å². The SMILES string of the molecule is CCCNC(C)c1sc(N(CC(C)C)C(C)C)nc1C. The molecule has 0 spiro atoms. The third-order valence-electron chi connectivity index (χ3n) is 3.35. The van der Waals surface area contributed by atoms with Gasteiger partial charge in [0.05, 0.1) is 5.69 Å². The molecule has 0 fully saturated rings. The third-order valence-corrected chi connectivity index (χ3v) is 4.72. The fourth-order valence-corrected chi connectivity index (χ4v) is 3.51. The van der Waals surface area contributed by atoms with Crippen LogP contribution in [0.15, 0.2) is 0 Å². The maximum absolute atomic E-state index is 4.82. The van der Waals surface area contributed by atoms with Gasteiger partial charge in [-0.1, -0.05) is 20.8 Å². The van der Waals surface area contributed by atoms with Crippen LogP contribution in [-0.4, -0.2) is 24.1 Å². The maximum atomic E-state index is 4.82. The molecule has 116 valence electrons. The number of aromatic nitrogens is 1. The van der Waals surface area contributed by atoms with E-state index in [9.17, 15) is 0 Å². The highest BCUT2D eigenvalue weighted by Gasteiger charge is 2.20. The van der Waals surface area contributed by atoms with Gasteiger partial charge >= 0.3 is 0 Å². The minimum Gasteiger partial charge on any atom is -0.345 e.